The highest BCUT2D eigenvalue weighted by atomic mass is 16.5. The lowest BCUT2D eigenvalue weighted by atomic mass is 9.91. The van der Waals surface area contributed by atoms with E-state index in [1.165, 1.54) is 25.7 Å². The number of hydrogen-bond donors (Lipinski definition) is 1. The lowest BCUT2D eigenvalue weighted by Crippen LogP contribution is -2.33. The first-order valence-electron chi connectivity index (χ1n) is 9.54. The van der Waals surface area contributed by atoms with Gasteiger partial charge in [-0.15, -0.1) is 0 Å². The Balaban J connectivity index is 1.38. The van der Waals surface area contributed by atoms with Crippen LogP contribution in [0.3, 0.4) is 0 Å². The molecule has 0 aromatic carbocycles. The molecule has 0 unspecified atom stereocenters. The lowest BCUT2D eigenvalue weighted by Gasteiger charge is -2.18. The molecule has 1 N–H and O–H groups in total. The van der Waals surface area contributed by atoms with Crippen molar-refractivity contribution in [1.82, 2.24) is 20.1 Å². The maximum Gasteiger partial charge on any atom is 0.248 e. The average Bonchev–Trinajstić information content (AvgIpc) is 3.05. The van der Waals surface area contributed by atoms with Crippen molar-refractivity contribution in [2.45, 2.75) is 57.2 Å². The first-order chi connectivity index (χ1) is 12.2. The SMILES string of the molecule is COCc1nc([C@H]2CN(C(=O)COC3CCCC3)C[C@@H]2C2CC2)n[nH]1. The van der Waals surface area contributed by atoms with Crippen molar-refractivity contribution in [1.29, 1.82) is 0 Å². The van der Waals surface area contributed by atoms with Crippen LogP contribution in [0.25, 0.3) is 0 Å². The van der Waals surface area contributed by atoms with Crippen LogP contribution < -0.4 is 0 Å². The molecule has 4 rings (SSSR count). The van der Waals surface area contributed by atoms with Gasteiger partial charge in [0.05, 0.1) is 6.10 Å². The smallest absolute Gasteiger partial charge is 0.248 e. The fourth-order valence-corrected chi connectivity index (χ4v) is 4.32. The van der Waals surface area contributed by atoms with Crippen molar-refractivity contribution in [3.05, 3.63) is 11.6 Å². The normalized spacial score (nSPS) is 27.3. The average molecular weight is 348 g/mol. The molecular formula is C18H28N4O3. The molecule has 25 heavy (non-hydrogen) atoms. The molecule has 138 valence electrons. The fourth-order valence-electron chi connectivity index (χ4n) is 4.32. The van der Waals surface area contributed by atoms with E-state index in [9.17, 15) is 4.79 Å². The lowest BCUT2D eigenvalue weighted by molar-refractivity contribution is -0.137. The summed E-state index contributed by atoms with van der Waals surface area (Å²) in [7, 11) is 1.65. The quantitative estimate of drug-likeness (QED) is 0.813. The van der Waals surface area contributed by atoms with Gasteiger partial charge in [0.2, 0.25) is 5.91 Å². The van der Waals surface area contributed by atoms with Gasteiger partial charge >= 0.3 is 0 Å². The second-order valence-electron chi connectivity index (χ2n) is 7.70. The number of H-pyrrole nitrogens is 1. The topological polar surface area (TPSA) is 80.3 Å². The number of rotatable bonds is 7. The number of aromatic nitrogens is 3. The van der Waals surface area contributed by atoms with Crippen LogP contribution in [0.1, 0.15) is 56.1 Å². The minimum Gasteiger partial charge on any atom is -0.377 e. The van der Waals surface area contributed by atoms with E-state index in [1.54, 1.807) is 7.11 Å². The molecule has 0 radical (unpaired) electrons. The first-order valence-corrected chi connectivity index (χ1v) is 9.54. The van der Waals surface area contributed by atoms with Crippen molar-refractivity contribution in [3.63, 3.8) is 0 Å². The van der Waals surface area contributed by atoms with E-state index in [0.29, 0.717) is 25.0 Å². The maximum atomic E-state index is 12.6. The Morgan fingerprint density at radius 1 is 1.24 bits per heavy atom. The third-order valence-electron chi connectivity index (χ3n) is 5.85. The molecule has 1 amide bonds. The Labute approximate surface area is 148 Å². The molecule has 1 saturated heterocycles. The van der Waals surface area contributed by atoms with Gasteiger partial charge in [-0.3, -0.25) is 9.89 Å². The van der Waals surface area contributed by atoms with Crippen molar-refractivity contribution in [2.75, 3.05) is 26.8 Å². The molecule has 2 aliphatic carbocycles. The van der Waals surface area contributed by atoms with Gasteiger partial charge in [0.1, 0.15) is 13.2 Å². The molecule has 3 fully saturated rings. The second-order valence-corrected chi connectivity index (χ2v) is 7.70. The number of amides is 1. The van der Waals surface area contributed by atoms with Gasteiger partial charge in [-0.2, -0.15) is 5.10 Å². The van der Waals surface area contributed by atoms with Crippen LogP contribution in [-0.4, -0.2) is 58.9 Å². The Morgan fingerprint density at radius 3 is 2.76 bits per heavy atom. The summed E-state index contributed by atoms with van der Waals surface area (Å²) in [5, 5.41) is 7.35. The molecule has 2 atom stereocenters. The third-order valence-corrected chi connectivity index (χ3v) is 5.85. The number of carbonyl (C=O) groups is 1. The van der Waals surface area contributed by atoms with Crippen molar-refractivity contribution in [3.8, 4) is 0 Å². The van der Waals surface area contributed by atoms with Crippen LogP contribution >= 0.6 is 0 Å². The van der Waals surface area contributed by atoms with E-state index >= 15 is 0 Å². The molecule has 3 aliphatic rings. The Kier molecular flexibility index (Phi) is 5.03. The van der Waals surface area contributed by atoms with Crippen LogP contribution in [0.5, 0.6) is 0 Å². The molecule has 1 aromatic heterocycles. The molecule has 7 heteroatoms. The zero-order valence-electron chi connectivity index (χ0n) is 14.9. The predicted octanol–water partition coefficient (Wildman–Crippen LogP) is 1.86. The second kappa shape index (κ2) is 7.41. The van der Waals surface area contributed by atoms with E-state index in [0.717, 1.165) is 31.0 Å². The summed E-state index contributed by atoms with van der Waals surface area (Å²) >= 11 is 0. The van der Waals surface area contributed by atoms with Gasteiger partial charge in [0, 0.05) is 26.1 Å². The van der Waals surface area contributed by atoms with Gasteiger partial charge in [0.15, 0.2) is 11.6 Å². The number of nitrogens with one attached hydrogen (secondary N) is 1. The van der Waals surface area contributed by atoms with Gasteiger partial charge in [-0.1, -0.05) is 12.8 Å². The summed E-state index contributed by atoms with van der Waals surface area (Å²) in [6, 6.07) is 0. The number of ether oxygens (including phenoxy) is 2. The zero-order chi connectivity index (χ0) is 17.2. The number of nitrogens with zero attached hydrogens (tertiary/aromatic N) is 3. The molecule has 0 spiro atoms. The summed E-state index contributed by atoms with van der Waals surface area (Å²) in [6.45, 7) is 2.18. The Bertz CT molecular complexity index is 595. The van der Waals surface area contributed by atoms with E-state index in [4.69, 9.17) is 9.47 Å². The molecule has 0 bridgehead atoms. The highest BCUT2D eigenvalue weighted by Gasteiger charge is 2.45. The molecule has 1 aliphatic heterocycles. The first kappa shape index (κ1) is 17.0. The summed E-state index contributed by atoms with van der Waals surface area (Å²) in [6.07, 6.45) is 7.45. The minimum atomic E-state index is 0.118. The monoisotopic (exact) mass is 348 g/mol. The van der Waals surface area contributed by atoms with Crippen LogP contribution in [0.4, 0.5) is 0 Å². The summed E-state index contributed by atoms with van der Waals surface area (Å²) in [4.78, 5) is 19.2. The van der Waals surface area contributed by atoms with Crippen LogP contribution in [0, 0.1) is 11.8 Å². The predicted molar refractivity (Wildman–Crippen MR) is 90.8 cm³/mol. The van der Waals surface area contributed by atoms with E-state index in [1.807, 2.05) is 4.90 Å². The van der Waals surface area contributed by atoms with Crippen LogP contribution in [0.15, 0.2) is 0 Å². The van der Waals surface area contributed by atoms with Gasteiger partial charge in [-0.25, -0.2) is 4.98 Å². The number of likely N-dealkylation sites (tertiary alicyclic amines) is 1. The number of methoxy groups -OCH3 is 1. The van der Waals surface area contributed by atoms with Gasteiger partial charge in [0.25, 0.3) is 0 Å². The van der Waals surface area contributed by atoms with E-state index in [-0.39, 0.29) is 24.5 Å². The summed E-state index contributed by atoms with van der Waals surface area (Å²) < 4.78 is 10.9. The number of aromatic amines is 1. The molecule has 7 nitrogen and oxygen atoms in total. The van der Waals surface area contributed by atoms with Gasteiger partial charge in [-0.05, 0) is 37.5 Å². The van der Waals surface area contributed by atoms with Crippen LogP contribution in [-0.2, 0) is 20.9 Å². The molecule has 2 heterocycles. The minimum absolute atomic E-state index is 0.118. The highest BCUT2D eigenvalue weighted by Crippen LogP contribution is 2.47. The number of hydrogen-bond acceptors (Lipinski definition) is 5. The summed E-state index contributed by atoms with van der Waals surface area (Å²) in [5.74, 6) is 3.11. The van der Waals surface area contributed by atoms with Crippen molar-refractivity contribution >= 4 is 5.91 Å². The van der Waals surface area contributed by atoms with E-state index < -0.39 is 0 Å². The zero-order valence-corrected chi connectivity index (χ0v) is 14.9. The fraction of sp³-hybridized carbons (Fsp3) is 0.833. The Morgan fingerprint density at radius 2 is 2.04 bits per heavy atom. The standard InChI is InChI=1S/C18H28N4O3/c1-24-10-16-19-18(21-20-16)15-9-22(8-14(15)12-6-7-12)17(23)11-25-13-4-2-3-5-13/h12-15H,2-11H2,1H3,(H,19,20,21)/t14-,15+/m1/s1. The van der Waals surface area contributed by atoms with Crippen molar-refractivity contribution in [2.24, 2.45) is 11.8 Å². The maximum absolute atomic E-state index is 12.6. The largest absolute Gasteiger partial charge is 0.377 e. The third kappa shape index (κ3) is 3.87. The molecule has 1 aromatic rings. The Hall–Kier alpha value is -1.47. The molecular weight excluding hydrogens is 320 g/mol. The highest BCUT2D eigenvalue weighted by molar-refractivity contribution is 5.78. The van der Waals surface area contributed by atoms with Crippen molar-refractivity contribution < 1.29 is 14.3 Å². The molecule has 2 saturated carbocycles. The summed E-state index contributed by atoms with van der Waals surface area (Å²) in [5.41, 5.74) is 0. The van der Waals surface area contributed by atoms with Gasteiger partial charge < -0.3 is 14.4 Å². The van der Waals surface area contributed by atoms with Crippen LogP contribution in [0.2, 0.25) is 0 Å². The number of carbonyl (C=O) groups excluding carboxylic acids is 1. The van der Waals surface area contributed by atoms with E-state index in [2.05, 4.69) is 15.2 Å².